The van der Waals surface area contributed by atoms with Crippen LogP contribution in [0.5, 0.6) is 0 Å². The van der Waals surface area contributed by atoms with Gasteiger partial charge in [-0.25, -0.2) is 0 Å². The Kier molecular flexibility index (Phi) is 6.48. The smallest absolute Gasteiger partial charge is 0.270 e. The highest BCUT2D eigenvalue weighted by Crippen LogP contribution is 2.35. The predicted molar refractivity (Wildman–Crippen MR) is 121 cm³/mol. The Labute approximate surface area is 170 Å². The molecule has 1 fully saturated rings. The van der Waals surface area contributed by atoms with E-state index in [1.54, 1.807) is 4.90 Å². The van der Waals surface area contributed by atoms with Gasteiger partial charge in [-0.05, 0) is 49.8 Å². The van der Waals surface area contributed by atoms with Crippen molar-refractivity contribution in [2.24, 2.45) is 0 Å². The molecule has 2 aromatic rings. The second-order valence-corrected chi connectivity index (χ2v) is 7.67. The summed E-state index contributed by atoms with van der Waals surface area (Å²) in [7, 11) is 0. The zero-order valence-electron chi connectivity index (χ0n) is 15.5. The van der Waals surface area contributed by atoms with Gasteiger partial charge in [-0.3, -0.25) is 9.69 Å². The lowest BCUT2D eigenvalue weighted by Crippen LogP contribution is -2.27. The lowest BCUT2D eigenvalue weighted by atomic mass is 10.2. The molecule has 27 heavy (non-hydrogen) atoms. The minimum absolute atomic E-state index is 0.0710. The van der Waals surface area contributed by atoms with Crippen LogP contribution < -0.4 is 9.80 Å². The molecule has 1 saturated heterocycles. The molecule has 138 valence electrons. The standard InChI is InChI=1S/C22H22N2OS2/c1-3-23(4-2)18-13-15-19(16-14-18)24-21(25)20(27-22(24)26)12-8-11-17-9-6-5-7-10-17/h5-16H,3-4H2,1-2H3. The molecule has 0 spiro atoms. The Bertz CT molecular complexity index is 869. The summed E-state index contributed by atoms with van der Waals surface area (Å²) in [5, 5.41) is 0. The summed E-state index contributed by atoms with van der Waals surface area (Å²) in [5.74, 6) is -0.0710. The van der Waals surface area contributed by atoms with Gasteiger partial charge in [0, 0.05) is 18.8 Å². The van der Waals surface area contributed by atoms with Crippen LogP contribution >= 0.6 is 24.0 Å². The Morgan fingerprint density at radius 3 is 2.33 bits per heavy atom. The summed E-state index contributed by atoms with van der Waals surface area (Å²) in [4.78, 5) is 17.3. The molecular weight excluding hydrogens is 372 g/mol. The monoisotopic (exact) mass is 394 g/mol. The van der Waals surface area contributed by atoms with E-state index in [9.17, 15) is 4.79 Å². The Balaban J connectivity index is 1.76. The van der Waals surface area contributed by atoms with Crippen molar-refractivity contribution in [1.82, 2.24) is 0 Å². The number of rotatable bonds is 6. The van der Waals surface area contributed by atoms with E-state index in [0.717, 1.165) is 30.0 Å². The molecule has 0 aromatic heterocycles. The van der Waals surface area contributed by atoms with Gasteiger partial charge in [0.2, 0.25) is 0 Å². The summed E-state index contributed by atoms with van der Waals surface area (Å²) in [6, 6.07) is 18.0. The van der Waals surface area contributed by atoms with E-state index in [4.69, 9.17) is 12.2 Å². The van der Waals surface area contributed by atoms with Crippen molar-refractivity contribution < 1.29 is 4.79 Å². The van der Waals surface area contributed by atoms with Crippen molar-refractivity contribution in [1.29, 1.82) is 0 Å². The van der Waals surface area contributed by atoms with Crippen LogP contribution in [0.1, 0.15) is 19.4 Å². The van der Waals surface area contributed by atoms with E-state index in [1.165, 1.54) is 11.8 Å². The fraction of sp³-hybridized carbons (Fsp3) is 0.182. The van der Waals surface area contributed by atoms with Gasteiger partial charge in [0.15, 0.2) is 4.32 Å². The van der Waals surface area contributed by atoms with Crippen molar-refractivity contribution in [3.8, 4) is 0 Å². The second kappa shape index (κ2) is 9.02. The molecule has 1 heterocycles. The number of amides is 1. The number of hydrogen-bond acceptors (Lipinski definition) is 4. The molecule has 0 saturated carbocycles. The molecule has 0 N–H and O–H groups in total. The van der Waals surface area contributed by atoms with Crippen molar-refractivity contribution in [2.75, 3.05) is 22.9 Å². The van der Waals surface area contributed by atoms with Gasteiger partial charge in [0.05, 0.1) is 10.6 Å². The Morgan fingerprint density at radius 2 is 1.70 bits per heavy atom. The molecule has 5 heteroatoms. The van der Waals surface area contributed by atoms with Crippen LogP contribution in [0.15, 0.2) is 71.7 Å². The summed E-state index contributed by atoms with van der Waals surface area (Å²) < 4.78 is 0.565. The van der Waals surface area contributed by atoms with E-state index in [-0.39, 0.29) is 5.91 Å². The average molecular weight is 395 g/mol. The van der Waals surface area contributed by atoms with Crippen LogP contribution in [-0.4, -0.2) is 23.3 Å². The first-order valence-electron chi connectivity index (χ1n) is 8.98. The number of thiocarbonyl (C=S) groups is 1. The largest absolute Gasteiger partial charge is 0.372 e. The van der Waals surface area contributed by atoms with Gasteiger partial charge in [0.1, 0.15) is 0 Å². The molecule has 0 unspecified atom stereocenters. The number of anilines is 2. The van der Waals surface area contributed by atoms with Crippen molar-refractivity contribution in [3.63, 3.8) is 0 Å². The number of carbonyl (C=O) groups is 1. The number of thioether (sulfide) groups is 1. The summed E-state index contributed by atoms with van der Waals surface area (Å²) >= 11 is 6.78. The van der Waals surface area contributed by atoms with E-state index in [1.807, 2.05) is 72.8 Å². The third-order valence-corrected chi connectivity index (χ3v) is 5.69. The molecule has 1 aliphatic heterocycles. The topological polar surface area (TPSA) is 23.6 Å². The highest BCUT2D eigenvalue weighted by Gasteiger charge is 2.32. The van der Waals surface area contributed by atoms with Crippen LogP contribution in [0.2, 0.25) is 0 Å². The normalized spacial score (nSPS) is 15.9. The van der Waals surface area contributed by atoms with Gasteiger partial charge in [-0.1, -0.05) is 66.5 Å². The molecule has 3 rings (SSSR count). The summed E-state index contributed by atoms with van der Waals surface area (Å²) in [5.41, 5.74) is 3.05. The van der Waals surface area contributed by atoms with Crippen LogP contribution in [0, 0.1) is 0 Å². The van der Waals surface area contributed by atoms with Gasteiger partial charge in [-0.15, -0.1) is 0 Å². The Hall–Kier alpha value is -2.37. The lowest BCUT2D eigenvalue weighted by Gasteiger charge is -2.22. The quantitative estimate of drug-likeness (QED) is 0.477. The third kappa shape index (κ3) is 4.49. The van der Waals surface area contributed by atoms with Crippen LogP contribution in [0.25, 0.3) is 6.08 Å². The van der Waals surface area contributed by atoms with E-state index in [2.05, 4.69) is 18.7 Å². The van der Waals surface area contributed by atoms with Gasteiger partial charge in [-0.2, -0.15) is 0 Å². The zero-order valence-corrected chi connectivity index (χ0v) is 17.1. The van der Waals surface area contributed by atoms with Crippen molar-refractivity contribution in [2.45, 2.75) is 13.8 Å². The molecular formula is C22H22N2OS2. The van der Waals surface area contributed by atoms with E-state index >= 15 is 0 Å². The maximum absolute atomic E-state index is 12.8. The first kappa shape index (κ1) is 19.4. The third-order valence-electron chi connectivity index (χ3n) is 4.37. The summed E-state index contributed by atoms with van der Waals surface area (Å²) in [6.45, 7) is 6.17. The van der Waals surface area contributed by atoms with Crippen LogP contribution in [0.4, 0.5) is 11.4 Å². The number of benzene rings is 2. The molecule has 1 aliphatic rings. The minimum atomic E-state index is -0.0710. The number of carbonyl (C=O) groups excluding carboxylic acids is 1. The van der Waals surface area contributed by atoms with E-state index < -0.39 is 0 Å². The minimum Gasteiger partial charge on any atom is -0.372 e. The number of nitrogens with zero attached hydrogens (tertiary/aromatic N) is 2. The molecule has 1 amide bonds. The van der Waals surface area contributed by atoms with Gasteiger partial charge < -0.3 is 4.90 Å². The SMILES string of the molecule is CCN(CC)c1ccc(N2C(=O)C(=CC=Cc3ccccc3)SC2=S)cc1. The molecule has 0 radical (unpaired) electrons. The second-order valence-electron chi connectivity index (χ2n) is 6.00. The maximum atomic E-state index is 12.8. The molecule has 0 aliphatic carbocycles. The predicted octanol–water partition coefficient (Wildman–Crippen LogP) is 5.49. The van der Waals surface area contributed by atoms with Crippen LogP contribution in [0.3, 0.4) is 0 Å². The maximum Gasteiger partial charge on any atom is 0.270 e. The van der Waals surface area contributed by atoms with Crippen molar-refractivity contribution >= 4 is 51.7 Å². The Morgan fingerprint density at radius 1 is 1.04 bits per heavy atom. The first-order valence-corrected chi connectivity index (χ1v) is 10.2. The molecule has 0 atom stereocenters. The fourth-order valence-electron chi connectivity index (χ4n) is 2.92. The fourth-order valence-corrected chi connectivity index (χ4v) is 4.17. The average Bonchev–Trinajstić information content (AvgIpc) is 2.98. The molecule has 2 aromatic carbocycles. The molecule has 3 nitrogen and oxygen atoms in total. The van der Waals surface area contributed by atoms with Gasteiger partial charge >= 0.3 is 0 Å². The lowest BCUT2D eigenvalue weighted by molar-refractivity contribution is -0.113. The first-order chi connectivity index (χ1) is 13.1. The zero-order chi connectivity index (χ0) is 19.2. The molecule has 0 bridgehead atoms. The van der Waals surface area contributed by atoms with Crippen molar-refractivity contribution in [3.05, 3.63) is 77.2 Å². The summed E-state index contributed by atoms with van der Waals surface area (Å²) in [6.07, 6.45) is 5.70. The highest BCUT2D eigenvalue weighted by atomic mass is 32.2. The van der Waals surface area contributed by atoms with E-state index in [0.29, 0.717) is 9.23 Å². The van der Waals surface area contributed by atoms with Crippen LogP contribution in [-0.2, 0) is 4.79 Å². The number of hydrogen-bond donors (Lipinski definition) is 0. The highest BCUT2D eigenvalue weighted by molar-refractivity contribution is 8.27. The number of allylic oxidation sites excluding steroid dienone is 2. The van der Waals surface area contributed by atoms with Gasteiger partial charge in [0.25, 0.3) is 5.91 Å².